The molecule has 0 spiro atoms. The van der Waals surface area contributed by atoms with E-state index in [1.807, 2.05) is 72.8 Å². The molecule has 4 aromatic rings. The highest BCUT2D eigenvalue weighted by Gasteiger charge is 2.13. The van der Waals surface area contributed by atoms with E-state index in [-0.39, 0.29) is 5.91 Å². The molecule has 7 heteroatoms. The minimum absolute atomic E-state index is 0.178. The van der Waals surface area contributed by atoms with E-state index in [0.717, 1.165) is 55.0 Å². The van der Waals surface area contributed by atoms with E-state index in [4.69, 9.17) is 9.47 Å². The van der Waals surface area contributed by atoms with Crippen LogP contribution in [0.5, 0.6) is 5.75 Å². The van der Waals surface area contributed by atoms with Crippen LogP contribution in [0.15, 0.2) is 72.8 Å². The number of H-pyrrole nitrogens is 1. The number of amides is 1. The second-order valence-electron chi connectivity index (χ2n) is 8.37. The minimum atomic E-state index is -0.178. The van der Waals surface area contributed by atoms with Crippen molar-refractivity contribution in [3.8, 4) is 5.75 Å². The average Bonchev–Trinajstić information content (AvgIpc) is 3.33. The Labute approximate surface area is 204 Å². The molecular weight excluding hydrogens is 440 g/mol. The van der Waals surface area contributed by atoms with Gasteiger partial charge in [-0.2, -0.15) is 5.10 Å². The predicted molar refractivity (Wildman–Crippen MR) is 139 cm³/mol. The van der Waals surface area contributed by atoms with Crippen molar-refractivity contribution in [1.82, 2.24) is 15.1 Å². The number of aromatic nitrogens is 2. The molecule has 2 N–H and O–H groups in total. The standard InChI is InChI=1S/C28H28N4O3/c33-28(22-6-2-1-3-7-22)29-26-20-21(10-12-25-23-8-4-5-9-24(23)30-31-25)11-13-27(26)35-19-16-32-14-17-34-18-15-32/h1-13,20H,14-19H2,(H,29,33)(H,30,31)/b12-10+. The van der Waals surface area contributed by atoms with Crippen molar-refractivity contribution in [2.24, 2.45) is 0 Å². The van der Waals surface area contributed by atoms with Crippen LogP contribution in [0.1, 0.15) is 21.6 Å². The van der Waals surface area contributed by atoms with E-state index in [2.05, 4.69) is 20.4 Å². The zero-order chi connectivity index (χ0) is 23.9. The van der Waals surface area contributed by atoms with Crippen LogP contribution < -0.4 is 10.1 Å². The summed E-state index contributed by atoms with van der Waals surface area (Å²) >= 11 is 0. The molecule has 0 aliphatic carbocycles. The average molecular weight is 469 g/mol. The van der Waals surface area contributed by atoms with Gasteiger partial charge in [-0.1, -0.05) is 48.5 Å². The summed E-state index contributed by atoms with van der Waals surface area (Å²) in [4.78, 5) is 15.2. The van der Waals surface area contributed by atoms with Gasteiger partial charge < -0.3 is 14.8 Å². The van der Waals surface area contributed by atoms with Gasteiger partial charge in [-0.25, -0.2) is 0 Å². The normalized spacial score (nSPS) is 14.4. The van der Waals surface area contributed by atoms with Crippen LogP contribution >= 0.6 is 0 Å². The maximum Gasteiger partial charge on any atom is 0.255 e. The summed E-state index contributed by atoms with van der Waals surface area (Å²) in [7, 11) is 0. The largest absolute Gasteiger partial charge is 0.490 e. The van der Waals surface area contributed by atoms with Crippen molar-refractivity contribution in [3.05, 3.63) is 89.6 Å². The highest BCUT2D eigenvalue weighted by atomic mass is 16.5. The Morgan fingerprint density at radius 1 is 1.03 bits per heavy atom. The van der Waals surface area contributed by atoms with E-state index >= 15 is 0 Å². The molecule has 0 unspecified atom stereocenters. The lowest BCUT2D eigenvalue weighted by molar-refractivity contribution is 0.0323. The Kier molecular flexibility index (Phi) is 7.17. The third-order valence-corrected chi connectivity index (χ3v) is 5.99. The first-order valence-electron chi connectivity index (χ1n) is 11.8. The molecule has 0 saturated carbocycles. The minimum Gasteiger partial charge on any atom is -0.490 e. The van der Waals surface area contributed by atoms with Crippen LogP contribution in [0.3, 0.4) is 0 Å². The van der Waals surface area contributed by atoms with Crippen LogP contribution in [0, 0.1) is 0 Å². The molecule has 1 aliphatic rings. The summed E-state index contributed by atoms with van der Waals surface area (Å²) in [6.07, 6.45) is 3.95. The lowest BCUT2D eigenvalue weighted by Gasteiger charge is -2.26. The first kappa shape index (κ1) is 22.8. The zero-order valence-corrected chi connectivity index (χ0v) is 19.4. The van der Waals surface area contributed by atoms with E-state index in [1.165, 1.54) is 0 Å². The monoisotopic (exact) mass is 468 g/mol. The fraction of sp³-hybridized carbons (Fsp3) is 0.214. The van der Waals surface area contributed by atoms with Crippen molar-refractivity contribution >= 4 is 34.6 Å². The van der Waals surface area contributed by atoms with Gasteiger partial charge in [-0.15, -0.1) is 0 Å². The lowest BCUT2D eigenvalue weighted by atomic mass is 10.1. The van der Waals surface area contributed by atoms with Crippen LogP contribution in [0.25, 0.3) is 23.1 Å². The van der Waals surface area contributed by atoms with E-state index in [1.54, 1.807) is 12.1 Å². The van der Waals surface area contributed by atoms with Crippen molar-refractivity contribution < 1.29 is 14.3 Å². The Morgan fingerprint density at radius 2 is 1.83 bits per heavy atom. The maximum atomic E-state index is 12.9. The van der Waals surface area contributed by atoms with Crippen LogP contribution in [0.2, 0.25) is 0 Å². The fourth-order valence-electron chi connectivity index (χ4n) is 4.06. The summed E-state index contributed by atoms with van der Waals surface area (Å²) in [5.74, 6) is 0.466. The van der Waals surface area contributed by atoms with Crippen molar-refractivity contribution in [3.63, 3.8) is 0 Å². The van der Waals surface area contributed by atoms with Crippen LogP contribution in [0.4, 0.5) is 5.69 Å². The summed E-state index contributed by atoms with van der Waals surface area (Å²) < 4.78 is 11.5. The Bertz CT molecular complexity index is 1310. The smallest absolute Gasteiger partial charge is 0.255 e. The lowest BCUT2D eigenvalue weighted by Crippen LogP contribution is -2.38. The van der Waals surface area contributed by atoms with Gasteiger partial charge in [0.05, 0.1) is 30.1 Å². The summed E-state index contributed by atoms with van der Waals surface area (Å²) in [6.45, 7) is 4.67. The quantitative estimate of drug-likeness (QED) is 0.392. The molecule has 35 heavy (non-hydrogen) atoms. The van der Waals surface area contributed by atoms with E-state index in [0.29, 0.717) is 23.6 Å². The Balaban J connectivity index is 1.35. The molecule has 1 fully saturated rings. The zero-order valence-electron chi connectivity index (χ0n) is 19.4. The number of rotatable bonds is 8. The number of carbonyl (C=O) groups excluding carboxylic acids is 1. The number of aromatic amines is 1. The third kappa shape index (κ3) is 5.77. The van der Waals surface area contributed by atoms with Crippen LogP contribution in [-0.4, -0.2) is 60.5 Å². The molecule has 1 aliphatic heterocycles. The first-order chi connectivity index (χ1) is 17.3. The number of morpholine rings is 1. The number of hydrogen-bond donors (Lipinski definition) is 2. The third-order valence-electron chi connectivity index (χ3n) is 5.99. The molecule has 0 bridgehead atoms. The van der Waals surface area contributed by atoms with Gasteiger partial charge in [-0.3, -0.25) is 14.8 Å². The molecular formula is C28H28N4O3. The topological polar surface area (TPSA) is 79.5 Å². The number of fused-ring (bicyclic) bond motifs is 1. The number of hydrogen-bond acceptors (Lipinski definition) is 5. The molecule has 2 heterocycles. The number of ether oxygens (including phenoxy) is 2. The maximum absolute atomic E-state index is 12.9. The summed E-state index contributed by atoms with van der Waals surface area (Å²) in [5.41, 5.74) is 4.01. The molecule has 3 aromatic carbocycles. The number of benzene rings is 3. The Morgan fingerprint density at radius 3 is 2.69 bits per heavy atom. The van der Waals surface area contributed by atoms with Crippen LogP contribution in [-0.2, 0) is 4.74 Å². The number of nitrogens with one attached hydrogen (secondary N) is 2. The van der Waals surface area contributed by atoms with Gasteiger partial charge in [0.25, 0.3) is 5.91 Å². The number of nitrogens with zero attached hydrogens (tertiary/aromatic N) is 2. The second-order valence-corrected chi connectivity index (χ2v) is 8.37. The molecule has 7 nitrogen and oxygen atoms in total. The van der Waals surface area contributed by atoms with Gasteiger partial charge in [0.1, 0.15) is 12.4 Å². The van der Waals surface area contributed by atoms with Crippen molar-refractivity contribution in [2.45, 2.75) is 0 Å². The first-order valence-corrected chi connectivity index (χ1v) is 11.8. The molecule has 1 saturated heterocycles. The van der Waals surface area contributed by atoms with Gasteiger partial charge >= 0.3 is 0 Å². The van der Waals surface area contributed by atoms with E-state index in [9.17, 15) is 4.79 Å². The van der Waals surface area contributed by atoms with Gasteiger partial charge in [0, 0.05) is 30.6 Å². The van der Waals surface area contributed by atoms with Gasteiger partial charge in [0.2, 0.25) is 0 Å². The molecule has 1 aromatic heterocycles. The highest BCUT2D eigenvalue weighted by molar-refractivity contribution is 6.05. The SMILES string of the molecule is O=C(Nc1cc(/C=C/c2n[nH]c3ccccc23)ccc1OCCN1CCOCC1)c1ccccc1. The number of carbonyl (C=O) groups is 1. The second kappa shape index (κ2) is 11.0. The van der Waals surface area contributed by atoms with Crippen molar-refractivity contribution in [1.29, 1.82) is 0 Å². The summed E-state index contributed by atoms with van der Waals surface area (Å²) in [6, 6.07) is 23.0. The Hall–Kier alpha value is -3.94. The number of anilines is 1. The molecule has 178 valence electrons. The molecule has 5 rings (SSSR count). The number of para-hydroxylation sites is 1. The van der Waals surface area contributed by atoms with Gasteiger partial charge in [0.15, 0.2) is 0 Å². The summed E-state index contributed by atoms with van der Waals surface area (Å²) in [5, 5.41) is 11.5. The predicted octanol–water partition coefficient (Wildman–Crippen LogP) is 4.70. The molecule has 0 atom stereocenters. The molecule has 0 radical (unpaired) electrons. The van der Waals surface area contributed by atoms with E-state index < -0.39 is 0 Å². The van der Waals surface area contributed by atoms with Gasteiger partial charge in [-0.05, 0) is 42.0 Å². The van der Waals surface area contributed by atoms with Crippen molar-refractivity contribution in [2.75, 3.05) is 44.8 Å². The highest BCUT2D eigenvalue weighted by Crippen LogP contribution is 2.28. The fourth-order valence-corrected chi connectivity index (χ4v) is 4.06. The molecule has 1 amide bonds.